The van der Waals surface area contributed by atoms with Gasteiger partial charge in [0.15, 0.2) is 0 Å². The smallest absolute Gasteiger partial charge is 0.309 e. The first-order valence-corrected chi connectivity index (χ1v) is 10.9. The topological polar surface area (TPSA) is 94.8 Å². The summed E-state index contributed by atoms with van der Waals surface area (Å²) in [6.07, 6.45) is 0.781. The van der Waals surface area contributed by atoms with Gasteiger partial charge >= 0.3 is 17.9 Å². The maximum Gasteiger partial charge on any atom is 0.309 e. The minimum atomic E-state index is -1.06. The Bertz CT molecular complexity index is 1050. The second kappa shape index (κ2) is 10.8. The monoisotopic (exact) mass is 439 g/mol. The molecule has 1 aromatic heterocycles. The lowest BCUT2D eigenvalue weighted by molar-refractivity contribution is -0.156. The molecular formula is C25H29NO6. The number of hydrogen-bond acceptors (Lipinski definition) is 5. The Hall–Kier alpha value is -3.35. The zero-order chi connectivity index (χ0) is 23.1. The van der Waals surface area contributed by atoms with Crippen LogP contribution in [0, 0.1) is 5.92 Å². The Balaban J connectivity index is 1.61. The van der Waals surface area contributed by atoms with E-state index in [9.17, 15) is 14.4 Å². The standard InChI is InChI=1S/C25H29NO6/c1-3-18(25(30)32-15-14-31-24(29)13-12-23(27)28)16-17(2)26-21-10-6-4-8-19(21)20-9-5-7-11-22(20)26/h4-11,17-18H,3,12-16H2,1-2H3,(H,27,28). The number of hydrogen-bond donors (Lipinski definition) is 1. The van der Waals surface area contributed by atoms with Crippen LogP contribution in [-0.4, -0.2) is 40.8 Å². The minimum absolute atomic E-state index is 0.0437. The molecule has 0 fully saturated rings. The first-order valence-electron chi connectivity index (χ1n) is 10.9. The number of aromatic nitrogens is 1. The van der Waals surface area contributed by atoms with Gasteiger partial charge in [0.2, 0.25) is 0 Å². The molecule has 0 aliphatic heterocycles. The number of fused-ring (bicyclic) bond motifs is 3. The minimum Gasteiger partial charge on any atom is -0.481 e. The first-order chi connectivity index (χ1) is 15.4. The van der Waals surface area contributed by atoms with Gasteiger partial charge < -0.3 is 19.1 Å². The lowest BCUT2D eigenvalue weighted by Crippen LogP contribution is -2.23. The molecule has 1 heterocycles. The molecule has 0 bridgehead atoms. The molecule has 7 heteroatoms. The molecule has 0 amide bonds. The van der Waals surface area contributed by atoms with Crippen molar-refractivity contribution < 1.29 is 29.0 Å². The maximum atomic E-state index is 12.6. The molecule has 0 aliphatic rings. The van der Waals surface area contributed by atoms with Gasteiger partial charge in [-0.1, -0.05) is 43.3 Å². The van der Waals surface area contributed by atoms with E-state index in [-0.39, 0.29) is 44.0 Å². The summed E-state index contributed by atoms with van der Waals surface area (Å²) in [6.45, 7) is 3.94. The number of carbonyl (C=O) groups excluding carboxylic acids is 2. The fraction of sp³-hybridized carbons (Fsp3) is 0.400. The molecule has 2 aromatic carbocycles. The van der Waals surface area contributed by atoms with Crippen molar-refractivity contribution in [1.82, 2.24) is 4.57 Å². The molecule has 32 heavy (non-hydrogen) atoms. The molecule has 0 saturated heterocycles. The number of aliphatic carboxylic acids is 1. The number of benzene rings is 2. The van der Waals surface area contributed by atoms with Crippen molar-refractivity contribution in [3.63, 3.8) is 0 Å². The van der Waals surface area contributed by atoms with Gasteiger partial charge in [-0.25, -0.2) is 0 Å². The first kappa shape index (κ1) is 23.3. The highest BCUT2D eigenvalue weighted by atomic mass is 16.6. The number of esters is 2. The van der Waals surface area contributed by atoms with Gasteiger partial charge in [0, 0.05) is 27.8 Å². The summed E-state index contributed by atoms with van der Waals surface area (Å²) >= 11 is 0. The van der Waals surface area contributed by atoms with Crippen LogP contribution in [-0.2, 0) is 23.9 Å². The molecule has 1 N–H and O–H groups in total. The highest BCUT2D eigenvalue weighted by Gasteiger charge is 2.24. The molecule has 0 aliphatic carbocycles. The summed E-state index contributed by atoms with van der Waals surface area (Å²) in [6, 6.07) is 16.6. The van der Waals surface area contributed by atoms with Crippen LogP contribution in [0.2, 0.25) is 0 Å². The van der Waals surface area contributed by atoms with Crippen molar-refractivity contribution in [3.8, 4) is 0 Å². The number of nitrogens with zero attached hydrogens (tertiary/aromatic N) is 1. The van der Waals surface area contributed by atoms with Gasteiger partial charge in [-0.3, -0.25) is 14.4 Å². The lowest BCUT2D eigenvalue weighted by atomic mass is 9.98. The average Bonchev–Trinajstić information content (AvgIpc) is 3.13. The average molecular weight is 440 g/mol. The third kappa shape index (κ3) is 5.46. The van der Waals surface area contributed by atoms with Gasteiger partial charge in [-0.05, 0) is 31.9 Å². The van der Waals surface area contributed by atoms with Crippen LogP contribution in [0.5, 0.6) is 0 Å². The summed E-state index contributed by atoms with van der Waals surface area (Å²) in [5.74, 6) is -2.28. The van der Waals surface area contributed by atoms with E-state index in [1.165, 1.54) is 10.8 Å². The number of rotatable bonds is 11. The Morgan fingerprint density at radius 3 is 2.03 bits per heavy atom. The van der Waals surface area contributed by atoms with Crippen LogP contribution in [0.1, 0.15) is 45.6 Å². The van der Waals surface area contributed by atoms with E-state index in [2.05, 4.69) is 35.8 Å². The van der Waals surface area contributed by atoms with E-state index >= 15 is 0 Å². The third-order valence-electron chi connectivity index (χ3n) is 5.64. The summed E-state index contributed by atoms with van der Waals surface area (Å²) in [7, 11) is 0. The van der Waals surface area contributed by atoms with E-state index in [4.69, 9.17) is 14.6 Å². The molecule has 3 rings (SSSR count). The Kier molecular flexibility index (Phi) is 7.87. The summed E-state index contributed by atoms with van der Waals surface area (Å²) < 4.78 is 12.5. The molecule has 0 saturated carbocycles. The lowest BCUT2D eigenvalue weighted by Gasteiger charge is -2.22. The van der Waals surface area contributed by atoms with Crippen LogP contribution in [0.25, 0.3) is 21.8 Å². The van der Waals surface area contributed by atoms with Gasteiger partial charge in [-0.2, -0.15) is 0 Å². The van der Waals surface area contributed by atoms with Crippen molar-refractivity contribution in [3.05, 3.63) is 48.5 Å². The van der Waals surface area contributed by atoms with Crippen molar-refractivity contribution in [2.45, 2.75) is 45.6 Å². The molecule has 2 atom stereocenters. The van der Waals surface area contributed by atoms with Crippen molar-refractivity contribution in [1.29, 1.82) is 0 Å². The van der Waals surface area contributed by atoms with Crippen LogP contribution in [0.3, 0.4) is 0 Å². The number of para-hydroxylation sites is 2. The SMILES string of the molecule is CCC(CC(C)n1c2ccccc2c2ccccc21)C(=O)OCCOC(=O)CCC(=O)O. The van der Waals surface area contributed by atoms with E-state index in [0.717, 1.165) is 11.0 Å². The fourth-order valence-electron chi connectivity index (χ4n) is 4.07. The molecule has 0 spiro atoms. The number of carboxylic acids is 1. The van der Waals surface area contributed by atoms with E-state index in [1.807, 2.05) is 31.2 Å². The van der Waals surface area contributed by atoms with Gasteiger partial charge in [-0.15, -0.1) is 0 Å². The second-order valence-corrected chi connectivity index (χ2v) is 7.88. The molecule has 2 unspecified atom stereocenters. The van der Waals surface area contributed by atoms with Crippen molar-refractivity contribution in [2.24, 2.45) is 5.92 Å². The summed E-state index contributed by atoms with van der Waals surface area (Å²) in [5.41, 5.74) is 2.27. The Morgan fingerprint density at radius 1 is 0.906 bits per heavy atom. The van der Waals surface area contributed by atoms with E-state index in [1.54, 1.807) is 0 Å². The van der Waals surface area contributed by atoms with Crippen LogP contribution in [0.15, 0.2) is 48.5 Å². The van der Waals surface area contributed by atoms with Gasteiger partial charge in [0.05, 0.1) is 18.8 Å². The van der Waals surface area contributed by atoms with Crippen LogP contribution in [0.4, 0.5) is 0 Å². The zero-order valence-electron chi connectivity index (χ0n) is 18.5. The molecule has 170 valence electrons. The second-order valence-electron chi connectivity index (χ2n) is 7.88. The van der Waals surface area contributed by atoms with Crippen molar-refractivity contribution in [2.75, 3.05) is 13.2 Å². The van der Waals surface area contributed by atoms with E-state index in [0.29, 0.717) is 12.8 Å². The maximum absolute atomic E-state index is 12.6. The van der Waals surface area contributed by atoms with E-state index < -0.39 is 11.9 Å². The third-order valence-corrected chi connectivity index (χ3v) is 5.64. The van der Waals surface area contributed by atoms with Crippen LogP contribution < -0.4 is 0 Å². The molecular weight excluding hydrogens is 410 g/mol. The normalized spacial score (nSPS) is 13.1. The highest BCUT2D eigenvalue weighted by molar-refractivity contribution is 6.08. The Morgan fingerprint density at radius 2 is 1.47 bits per heavy atom. The van der Waals surface area contributed by atoms with Crippen LogP contribution >= 0.6 is 0 Å². The van der Waals surface area contributed by atoms with Gasteiger partial charge in [0.1, 0.15) is 13.2 Å². The zero-order valence-corrected chi connectivity index (χ0v) is 18.5. The summed E-state index contributed by atoms with van der Waals surface area (Å²) in [5, 5.41) is 11.0. The van der Waals surface area contributed by atoms with Gasteiger partial charge in [0.25, 0.3) is 0 Å². The highest BCUT2D eigenvalue weighted by Crippen LogP contribution is 2.34. The molecule has 7 nitrogen and oxygen atoms in total. The largest absolute Gasteiger partial charge is 0.481 e. The number of ether oxygens (including phenoxy) is 2. The molecule has 3 aromatic rings. The fourth-order valence-corrected chi connectivity index (χ4v) is 4.07. The Labute approximate surface area is 186 Å². The predicted molar refractivity (Wildman–Crippen MR) is 121 cm³/mol. The quantitative estimate of drug-likeness (QED) is 0.343. The number of carboxylic acid groups (broad SMARTS) is 1. The predicted octanol–water partition coefficient (Wildman–Crippen LogP) is 4.72. The molecule has 0 radical (unpaired) electrons. The van der Waals surface area contributed by atoms with Crippen molar-refractivity contribution >= 4 is 39.7 Å². The number of carbonyl (C=O) groups is 3. The summed E-state index contributed by atoms with van der Waals surface area (Å²) in [4.78, 5) is 34.5.